The SMILES string of the molecule is COCC1(COC)Cc2cc(-c3ccccc3)c(-c3ccccc3)c3cccc1c23. The van der Waals surface area contributed by atoms with E-state index in [1.807, 2.05) is 0 Å². The lowest BCUT2D eigenvalue weighted by atomic mass is 9.82. The van der Waals surface area contributed by atoms with Crippen LogP contribution in [0.25, 0.3) is 33.0 Å². The molecule has 0 saturated heterocycles. The Bertz CT molecular complexity index is 1170. The summed E-state index contributed by atoms with van der Waals surface area (Å²) in [6.45, 7) is 1.30. The Morgan fingerprint density at radius 1 is 0.733 bits per heavy atom. The number of methoxy groups -OCH3 is 2. The molecule has 1 aliphatic carbocycles. The van der Waals surface area contributed by atoms with E-state index in [0.29, 0.717) is 13.2 Å². The summed E-state index contributed by atoms with van der Waals surface area (Å²) in [7, 11) is 3.57. The molecule has 1 aliphatic rings. The lowest BCUT2D eigenvalue weighted by Crippen LogP contribution is -2.36. The van der Waals surface area contributed by atoms with E-state index in [9.17, 15) is 0 Å². The fourth-order valence-electron chi connectivity index (χ4n) is 5.22. The molecule has 150 valence electrons. The summed E-state index contributed by atoms with van der Waals surface area (Å²) >= 11 is 0. The molecule has 0 heterocycles. The highest BCUT2D eigenvalue weighted by atomic mass is 16.5. The van der Waals surface area contributed by atoms with Crippen LogP contribution in [0.2, 0.25) is 0 Å². The molecule has 0 fully saturated rings. The lowest BCUT2D eigenvalue weighted by molar-refractivity contribution is 0.0623. The first-order valence-corrected chi connectivity index (χ1v) is 10.5. The zero-order valence-corrected chi connectivity index (χ0v) is 17.5. The Hall–Kier alpha value is -2.94. The van der Waals surface area contributed by atoms with E-state index >= 15 is 0 Å². The maximum atomic E-state index is 5.69. The summed E-state index contributed by atoms with van der Waals surface area (Å²) in [5, 5.41) is 2.68. The largest absolute Gasteiger partial charge is 0.384 e. The average molecular weight is 395 g/mol. The minimum absolute atomic E-state index is 0.144. The van der Waals surface area contributed by atoms with Crippen molar-refractivity contribution in [3.63, 3.8) is 0 Å². The quantitative estimate of drug-likeness (QED) is 0.384. The van der Waals surface area contributed by atoms with E-state index in [1.165, 1.54) is 44.2 Å². The maximum absolute atomic E-state index is 5.69. The Morgan fingerprint density at radius 3 is 2.00 bits per heavy atom. The van der Waals surface area contributed by atoms with Crippen molar-refractivity contribution in [1.29, 1.82) is 0 Å². The number of hydrogen-bond donors (Lipinski definition) is 0. The van der Waals surface area contributed by atoms with Crippen molar-refractivity contribution >= 4 is 10.8 Å². The highest BCUT2D eigenvalue weighted by molar-refractivity contribution is 6.08. The molecule has 0 atom stereocenters. The van der Waals surface area contributed by atoms with Gasteiger partial charge in [0.05, 0.1) is 13.2 Å². The molecule has 0 N–H and O–H groups in total. The van der Waals surface area contributed by atoms with Crippen molar-refractivity contribution in [2.24, 2.45) is 0 Å². The zero-order valence-electron chi connectivity index (χ0n) is 17.5. The van der Waals surface area contributed by atoms with Gasteiger partial charge in [0.2, 0.25) is 0 Å². The average Bonchev–Trinajstić information content (AvgIpc) is 3.10. The van der Waals surface area contributed by atoms with E-state index in [0.717, 1.165) is 6.42 Å². The number of hydrogen-bond acceptors (Lipinski definition) is 2. The summed E-state index contributed by atoms with van der Waals surface area (Å²) < 4.78 is 11.4. The van der Waals surface area contributed by atoms with E-state index < -0.39 is 0 Å². The Labute approximate surface area is 178 Å². The van der Waals surface area contributed by atoms with Crippen LogP contribution in [0, 0.1) is 0 Å². The van der Waals surface area contributed by atoms with Gasteiger partial charge < -0.3 is 9.47 Å². The molecule has 0 bridgehead atoms. The molecule has 0 amide bonds. The number of benzene rings is 4. The molecule has 0 aliphatic heterocycles. The Balaban J connectivity index is 1.86. The molecule has 5 rings (SSSR count). The van der Waals surface area contributed by atoms with Crippen LogP contribution >= 0.6 is 0 Å². The van der Waals surface area contributed by atoms with Gasteiger partial charge in [0.15, 0.2) is 0 Å². The standard InChI is InChI=1S/C28H26O2/c1-29-18-28(19-30-2)17-22-16-24(20-10-5-3-6-11-20)26(21-12-7-4-8-13-21)23-14-9-15-25(28)27(22)23/h3-16H,17-19H2,1-2H3. The predicted molar refractivity (Wildman–Crippen MR) is 124 cm³/mol. The van der Waals surface area contributed by atoms with Crippen molar-refractivity contribution in [2.75, 3.05) is 27.4 Å². The van der Waals surface area contributed by atoms with Gasteiger partial charge in [-0.2, -0.15) is 0 Å². The number of rotatable bonds is 6. The second-order valence-electron chi connectivity index (χ2n) is 8.24. The molecule has 2 nitrogen and oxygen atoms in total. The van der Waals surface area contributed by atoms with Crippen LogP contribution in [0.4, 0.5) is 0 Å². The smallest absolute Gasteiger partial charge is 0.0584 e. The first-order chi connectivity index (χ1) is 14.8. The third kappa shape index (κ3) is 2.96. The molecule has 2 heteroatoms. The molecule has 0 spiro atoms. The van der Waals surface area contributed by atoms with Gasteiger partial charge in [-0.05, 0) is 56.6 Å². The molecular formula is C28H26O2. The third-order valence-corrected chi connectivity index (χ3v) is 6.33. The van der Waals surface area contributed by atoms with Crippen LogP contribution in [-0.4, -0.2) is 27.4 Å². The van der Waals surface area contributed by atoms with Gasteiger partial charge in [-0.25, -0.2) is 0 Å². The van der Waals surface area contributed by atoms with Gasteiger partial charge >= 0.3 is 0 Å². The fourth-order valence-corrected chi connectivity index (χ4v) is 5.22. The van der Waals surface area contributed by atoms with Crippen LogP contribution in [-0.2, 0) is 21.3 Å². The second kappa shape index (κ2) is 7.71. The van der Waals surface area contributed by atoms with Gasteiger partial charge in [0, 0.05) is 19.6 Å². The van der Waals surface area contributed by atoms with Crippen LogP contribution in [0.5, 0.6) is 0 Å². The van der Waals surface area contributed by atoms with Crippen LogP contribution in [0.3, 0.4) is 0 Å². The first-order valence-electron chi connectivity index (χ1n) is 10.5. The molecule has 0 unspecified atom stereocenters. The monoisotopic (exact) mass is 394 g/mol. The van der Waals surface area contributed by atoms with E-state index in [1.54, 1.807) is 14.2 Å². The van der Waals surface area contributed by atoms with E-state index in [4.69, 9.17) is 9.47 Å². The molecule has 4 aromatic carbocycles. The van der Waals surface area contributed by atoms with E-state index in [2.05, 4.69) is 84.9 Å². The topological polar surface area (TPSA) is 18.5 Å². The highest BCUT2D eigenvalue weighted by Gasteiger charge is 2.40. The molecule has 0 aromatic heterocycles. The number of ether oxygens (including phenoxy) is 2. The molecule has 30 heavy (non-hydrogen) atoms. The third-order valence-electron chi connectivity index (χ3n) is 6.33. The molecular weight excluding hydrogens is 368 g/mol. The molecule has 0 saturated carbocycles. The molecule has 0 radical (unpaired) electrons. The van der Waals surface area contributed by atoms with Gasteiger partial charge in [-0.15, -0.1) is 0 Å². The lowest BCUT2D eigenvalue weighted by Gasteiger charge is -2.29. The van der Waals surface area contributed by atoms with Crippen molar-refractivity contribution in [2.45, 2.75) is 11.8 Å². The normalized spacial score (nSPS) is 14.3. The molecule has 4 aromatic rings. The van der Waals surface area contributed by atoms with Crippen LogP contribution in [0.1, 0.15) is 11.1 Å². The zero-order chi connectivity index (χ0) is 20.6. The van der Waals surface area contributed by atoms with Crippen LogP contribution in [0.15, 0.2) is 84.9 Å². The maximum Gasteiger partial charge on any atom is 0.0584 e. The minimum Gasteiger partial charge on any atom is -0.384 e. The minimum atomic E-state index is -0.144. The van der Waals surface area contributed by atoms with Crippen molar-refractivity contribution in [3.05, 3.63) is 96.1 Å². The summed E-state index contributed by atoms with van der Waals surface area (Å²) in [5.41, 5.74) is 7.66. The Morgan fingerprint density at radius 2 is 1.37 bits per heavy atom. The van der Waals surface area contributed by atoms with Gasteiger partial charge in [0.25, 0.3) is 0 Å². The van der Waals surface area contributed by atoms with Crippen LogP contribution < -0.4 is 0 Å². The van der Waals surface area contributed by atoms with Gasteiger partial charge in [0.1, 0.15) is 0 Å². The predicted octanol–water partition coefficient (Wildman–Crippen LogP) is 6.26. The summed E-state index contributed by atoms with van der Waals surface area (Å²) in [5.74, 6) is 0. The van der Waals surface area contributed by atoms with Crippen molar-refractivity contribution < 1.29 is 9.47 Å². The summed E-state index contributed by atoms with van der Waals surface area (Å²) in [6, 6.07) is 30.6. The Kier molecular flexibility index (Phi) is 4.90. The summed E-state index contributed by atoms with van der Waals surface area (Å²) in [6.07, 6.45) is 0.930. The second-order valence-corrected chi connectivity index (χ2v) is 8.24. The van der Waals surface area contributed by atoms with Gasteiger partial charge in [-0.1, -0.05) is 78.9 Å². The van der Waals surface area contributed by atoms with E-state index in [-0.39, 0.29) is 5.41 Å². The first kappa shape index (κ1) is 19.0. The highest BCUT2D eigenvalue weighted by Crippen LogP contribution is 2.49. The van der Waals surface area contributed by atoms with Gasteiger partial charge in [-0.3, -0.25) is 0 Å². The van der Waals surface area contributed by atoms with Crippen molar-refractivity contribution in [3.8, 4) is 22.3 Å². The van der Waals surface area contributed by atoms with Crippen molar-refractivity contribution in [1.82, 2.24) is 0 Å². The summed E-state index contributed by atoms with van der Waals surface area (Å²) in [4.78, 5) is 0. The fraction of sp³-hybridized carbons (Fsp3) is 0.214.